The topological polar surface area (TPSA) is 81.9 Å². The molecule has 0 atom stereocenters. The van der Waals surface area contributed by atoms with Crippen molar-refractivity contribution < 1.29 is 9.53 Å². The lowest BCUT2D eigenvalue weighted by Crippen LogP contribution is -2.15. The number of hydrogen-bond donors (Lipinski definition) is 1. The highest BCUT2D eigenvalue weighted by Gasteiger charge is 2.15. The van der Waals surface area contributed by atoms with Crippen molar-refractivity contribution in [2.24, 2.45) is 0 Å². The first kappa shape index (κ1) is 20.2. The zero-order valence-electron chi connectivity index (χ0n) is 15.6. The number of hydrogen-bond acceptors (Lipinski definition) is 6. The van der Waals surface area contributed by atoms with Crippen molar-refractivity contribution in [2.75, 3.05) is 17.7 Å². The molecule has 0 unspecified atom stereocenters. The molecule has 0 saturated carbocycles. The second kappa shape index (κ2) is 9.57. The van der Waals surface area contributed by atoms with Gasteiger partial charge in [0.1, 0.15) is 5.75 Å². The van der Waals surface area contributed by atoms with E-state index in [1.54, 1.807) is 18.3 Å². The van der Waals surface area contributed by atoms with Crippen LogP contribution in [0.4, 0.5) is 5.69 Å². The second-order valence-electron chi connectivity index (χ2n) is 5.69. The van der Waals surface area contributed by atoms with Crippen LogP contribution in [-0.2, 0) is 11.3 Å². The molecule has 9 heteroatoms. The number of pyridine rings is 1. The minimum absolute atomic E-state index is 0.187. The summed E-state index contributed by atoms with van der Waals surface area (Å²) in [6.07, 6.45) is 1.57. The Balaban J connectivity index is 1.68. The number of nitrogens with zero attached hydrogens (tertiary/aromatic N) is 4. The SMILES string of the molecule is CCOc1ccc(-c2nnc(SCC(=O)Nc3cccnc3Cl)n2CC)cc1. The number of thioether (sulfide) groups is 1. The average Bonchev–Trinajstić information content (AvgIpc) is 3.12. The molecule has 1 aromatic carbocycles. The Labute approximate surface area is 172 Å². The minimum atomic E-state index is -0.187. The number of anilines is 1. The highest BCUT2D eigenvalue weighted by Crippen LogP contribution is 2.26. The van der Waals surface area contributed by atoms with E-state index in [0.717, 1.165) is 17.1 Å². The fourth-order valence-corrected chi connectivity index (χ4v) is 3.53. The van der Waals surface area contributed by atoms with E-state index in [-0.39, 0.29) is 16.8 Å². The van der Waals surface area contributed by atoms with E-state index in [4.69, 9.17) is 16.3 Å². The molecule has 146 valence electrons. The van der Waals surface area contributed by atoms with Gasteiger partial charge in [0.15, 0.2) is 16.1 Å². The second-order valence-corrected chi connectivity index (χ2v) is 6.99. The highest BCUT2D eigenvalue weighted by molar-refractivity contribution is 7.99. The van der Waals surface area contributed by atoms with Gasteiger partial charge in [-0.1, -0.05) is 23.4 Å². The van der Waals surface area contributed by atoms with Crippen LogP contribution in [0.3, 0.4) is 0 Å². The predicted molar refractivity (Wildman–Crippen MR) is 111 cm³/mol. The third kappa shape index (κ3) is 4.82. The van der Waals surface area contributed by atoms with E-state index in [0.29, 0.717) is 24.0 Å². The van der Waals surface area contributed by atoms with Gasteiger partial charge in [0.2, 0.25) is 5.91 Å². The summed E-state index contributed by atoms with van der Waals surface area (Å²) in [5, 5.41) is 12.2. The first-order valence-corrected chi connectivity index (χ1v) is 10.2. The maximum Gasteiger partial charge on any atom is 0.234 e. The van der Waals surface area contributed by atoms with Gasteiger partial charge >= 0.3 is 0 Å². The molecular weight excluding hydrogens is 398 g/mol. The molecule has 0 fully saturated rings. The predicted octanol–water partition coefficient (Wildman–Crippen LogP) is 4.14. The average molecular weight is 418 g/mol. The molecule has 3 rings (SSSR count). The van der Waals surface area contributed by atoms with Gasteiger partial charge < -0.3 is 14.6 Å². The Morgan fingerprint density at radius 3 is 2.68 bits per heavy atom. The van der Waals surface area contributed by atoms with E-state index in [1.165, 1.54) is 11.8 Å². The van der Waals surface area contributed by atoms with Crippen LogP contribution in [-0.4, -0.2) is 38.0 Å². The number of amides is 1. The number of aromatic nitrogens is 4. The normalized spacial score (nSPS) is 10.7. The molecule has 0 aliphatic rings. The molecule has 28 heavy (non-hydrogen) atoms. The fourth-order valence-electron chi connectivity index (χ4n) is 2.56. The van der Waals surface area contributed by atoms with Crippen LogP contribution in [0.15, 0.2) is 47.8 Å². The molecule has 2 aromatic heterocycles. The number of ether oxygens (including phenoxy) is 1. The molecule has 0 saturated heterocycles. The summed E-state index contributed by atoms with van der Waals surface area (Å²) in [6, 6.07) is 11.1. The molecule has 7 nitrogen and oxygen atoms in total. The summed E-state index contributed by atoms with van der Waals surface area (Å²) in [6.45, 7) is 5.27. The Bertz CT molecular complexity index is 946. The molecular formula is C19H20ClN5O2S. The van der Waals surface area contributed by atoms with Crippen LogP contribution in [0, 0.1) is 0 Å². The lowest BCUT2D eigenvalue weighted by atomic mass is 10.2. The van der Waals surface area contributed by atoms with Gasteiger partial charge in [-0.3, -0.25) is 4.79 Å². The van der Waals surface area contributed by atoms with E-state index >= 15 is 0 Å². The quantitative estimate of drug-likeness (QED) is 0.438. The fraction of sp³-hybridized carbons (Fsp3) is 0.263. The lowest BCUT2D eigenvalue weighted by molar-refractivity contribution is -0.113. The number of nitrogens with one attached hydrogen (secondary N) is 1. The molecule has 0 spiro atoms. The molecule has 2 heterocycles. The van der Waals surface area contributed by atoms with E-state index in [2.05, 4.69) is 20.5 Å². The van der Waals surface area contributed by atoms with Crippen LogP contribution in [0.5, 0.6) is 5.75 Å². The van der Waals surface area contributed by atoms with Gasteiger partial charge in [-0.25, -0.2) is 4.98 Å². The third-order valence-corrected chi connectivity index (χ3v) is 5.09. The van der Waals surface area contributed by atoms with Gasteiger partial charge in [-0.15, -0.1) is 10.2 Å². The summed E-state index contributed by atoms with van der Waals surface area (Å²) in [7, 11) is 0. The van der Waals surface area contributed by atoms with E-state index in [1.807, 2.05) is 42.7 Å². The Morgan fingerprint density at radius 1 is 1.21 bits per heavy atom. The Morgan fingerprint density at radius 2 is 2.00 bits per heavy atom. The van der Waals surface area contributed by atoms with Crippen LogP contribution >= 0.6 is 23.4 Å². The molecule has 0 aliphatic carbocycles. The Hall–Kier alpha value is -2.58. The van der Waals surface area contributed by atoms with Crippen LogP contribution in [0.25, 0.3) is 11.4 Å². The molecule has 1 N–H and O–H groups in total. The number of halogens is 1. The lowest BCUT2D eigenvalue weighted by Gasteiger charge is -2.09. The van der Waals surface area contributed by atoms with Crippen molar-refractivity contribution in [2.45, 2.75) is 25.5 Å². The third-order valence-electron chi connectivity index (χ3n) is 3.82. The number of carbonyl (C=O) groups excluding carboxylic acids is 1. The van der Waals surface area contributed by atoms with Crippen molar-refractivity contribution in [1.29, 1.82) is 0 Å². The van der Waals surface area contributed by atoms with Crippen LogP contribution in [0.1, 0.15) is 13.8 Å². The number of carbonyl (C=O) groups is 1. The largest absolute Gasteiger partial charge is 0.494 e. The molecule has 0 radical (unpaired) electrons. The number of rotatable bonds is 8. The first-order chi connectivity index (χ1) is 13.6. The monoisotopic (exact) mass is 417 g/mol. The van der Waals surface area contributed by atoms with Gasteiger partial charge in [-0.05, 0) is 50.2 Å². The summed E-state index contributed by atoms with van der Waals surface area (Å²) in [4.78, 5) is 16.2. The molecule has 0 bridgehead atoms. The van der Waals surface area contributed by atoms with Gasteiger partial charge in [-0.2, -0.15) is 0 Å². The smallest absolute Gasteiger partial charge is 0.234 e. The molecule has 3 aromatic rings. The molecule has 0 aliphatic heterocycles. The van der Waals surface area contributed by atoms with Crippen LogP contribution < -0.4 is 10.1 Å². The zero-order valence-corrected chi connectivity index (χ0v) is 17.1. The van der Waals surface area contributed by atoms with Crippen molar-refractivity contribution in [3.05, 3.63) is 47.7 Å². The van der Waals surface area contributed by atoms with Gasteiger partial charge in [0, 0.05) is 18.3 Å². The van der Waals surface area contributed by atoms with E-state index < -0.39 is 0 Å². The Kier molecular flexibility index (Phi) is 6.89. The van der Waals surface area contributed by atoms with Crippen molar-refractivity contribution >= 4 is 35.0 Å². The van der Waals surface area contributed by atoms with Crippen molar-refractivity contribution in [1.82, 2.24) is 19.7 Å². The van der Waals surface area contributed by atoms with Gasteiger partial charge in [0.05, 0.1) is 18.0 Å². The number of benzene rings is 1. The van der Waals surface area contributed by atoms with Crippen molar-refractivity contribution in [3.8, 4) is 17.1 Å². The summed E-state index contributed by atoms with van der Waals surface area (Å²) < 4.78 is 7.45. The van der Waals surface area contributed by atoms with E-state index in [9.17, 15) is 4.79 Å². The molecule has 1 amide bonds. The van der Waals surface area contributed by atoms with Crippen molar-refractivity contribution in [3.63, 3.8) is 0 Å². The summed E-state index contributed by atoms with van der Waals surface area (Å²) in [5.74, 6) is 1.57. The van der Waals surface area contributed by atoms with Gasteiger partial charge in [0.25, 0.3) is 0 Å². The first-order valence-electron chi connectivity index (χ1n) is 8.82. The maximum atomic E-state index is 12.2. The zero-order chi connectivity index (χ0) is 19.9. The summed E-state index contributed by atoms with van der Waals surface area (Å²) in [5.41, 5.74) is 1.43. The maximum absolute atomic E-state index is 12.2. The van der Waals surface area contributed by atoms with Crippen LogP contribution in [0.2, 0.25) is 5.15 Å². The summed E-state index contributed by atoms with van der Waals surface area (Å²) >= 11 is 7.29. The highest BCUT2D eigenvalue weighted by atomic mass is 35.5. The standard InChI is InChI=1S/C19H20ClN5O2S/c1-3-25-18(13-7-9-14(10-8-13)27-4-2)23-24-19(25)28-12-16(26)22-15-6-5-11-21-17(15)20/h5-11H,3-4,12H2,1-2H3,(H,22,26). The minimum Gasteiger partial charge on any atom is -0.494 e.